The number of esters is 1. The maximum absolute atomic E-state index is 12.5. The Labute approximate surface area is 239 Å². The molecule has 214 valence electrons. The third-order valence-corrected chi connectivity index (χ3v) is 7.42. The molecule has 0 radical (unpaired) electrons. The van der Waals surface area contributed by atoms with Crippen molar-refractivity contribution in [1.29, 1.82) is 0 Å². The number of methoxy groups -OCH3 is 1. The summed E-state index contributed by atoms with van der Waals surface area (Å²) in [6.07, 6.45) is 1.37. The Morgan fingerprint density at radius 2 is 1.90 bits per heavy atom. The Hall–Kier alpha value is -3.59. The van der Waals surface area contributed by atoms with Crippen LogP contribution in [0.15, 0.2) is 40.9 Å². The first-order valence-corrected chi connectivity index (χ1v) is 13.9. The van der Waals surface area contributed by atoms with E-state index in [9.17, 15) is 14.7 Å². The highest BCUT2D eigenvalue weighted by molar-refractivity contribution is 6.32. The molecule has 1 amide bonds. The van der Waals surface area contributed by atoms with Crippen molar-refractivity contribution >= 4 is 23.7 Å². The highest BCUT2D eigenvalue weighted by Crippen LogP contribution is 2.44. The lowest BCUT2D eigenvalue weighted by molar-refractivity contribution is -0.141. The zero-order valence-electron chi connectivity index (χ0n) is 23.6. The molecule has 9 nitrogen and oxygen atoms in total. The summed E-state index contributed by atoms with van der Waals surface area (Å²) in [6.45, 7) is 8.36. The summed E-state index contributed by atoms with van der Waals surface area (Å²) >= 11 is 6.40. The predicted octanol–water partition coefficient (Wildman–Crippen LogP) is 6.97. The van der Waals surface area contributed by atoms with E-state index in [1.807, 2.05) is 38.1 Å². The second-order valence-corrected chi connectivity index (χ2v) is 11.3. The van der Waals surface area contributed by atoms with Gasteiger partial charge in [-0.2, -0.15) is 4.98 Å². The van der Waals surface area contributed by atoms with Crippen LogP contribution in [0.1, 0.15) is 64.5 Å². The fraction of sp³-hybridized carbons (Fsp3) is 0.467. The van der Waals surface area contributed by atoms with Gasteiger partial charge in [-0.15, -0.1) is 0 Å². The quantitative estimate of drug-likeness (QED) is 0.275. The number of fused-ring (bicyclic) bond motifs is 1. The number of nitrogens with zero attached hydrogens (tertiary/aromatic N) is 3. The number of aryl methyl sites for hydroxylation is 1. The van der Waals surface area contributed by atoms with Gasteiger partial charge in [0.2, 0.25) is 5.82 Å². The summed E-state index contributed by atoms with van der Waals surface area (Å²) in [7, 11) is 1.35. The van der Waals surface area contributed by atoms with Gasteiger partial charge in [-0.3, -0.25) is 9.69 Å². The second kappa shape index (κ2) is 12.3. The summed E-state index contributed by atoms with van der Waals surface area (Å²) in [5.74, 6) is 1.15. The SMILES string of the molecule is COC(=O)CCC1(CC(C)C)c2ccc(-c3noc(-c4ccc(OC(C)C)c(Cl)c4)n3)cc2CCCN1C(=O)O. The molecule has 0 bridgehead atoms. The van der Waals surface area contributed by atoms with E-state index in [1.165, 1.54) is 12.0 Å². The van der Waals surface area contributed by atoms with Gasteiger partial charge in [-0.05, 0) is 80.8 Å². The van der Waals surface area contributed by atoms with Crippen molar-refractivity contribution in [3.63, 3.8) is 0 Å². The molecule has 0 saturated heterocycles. The Morgan fingerprint density at radius 1 is 1.15 bits per heavy atom. The smallest absolute Gasteiger partial charge is 0.408 e. The van der Waals surface area contributed by atoms with Crippen LogP contribution in [0.5, 0.6) is 5.75 Å². The van der Waals surface area contributed by atoms with E-state index in [4.69, 9.17) is 25.6 Å². The van der Waals surface area contributed by atoms with Crippen molar-refractivity contribution < 1.29 is 28.7 Å². The van der Waals surface area contributed by atoms with Crippen molar-refractivity contribution in [2.75, 3.05) is 13.7 Å². The van der Waals surface area contributed by atoms with E-state index in [0.29, 0.717) is 60.3 Å². The first kappa shape index (κ1) is 29.4. The largest absolute Gasteiger partial charge is 0.489 e. The molecule has 1 N–H and O–H groups in total. The highest BCUT2D eigenvalue weighted by Gasteiger charge is 2.44. The minimum absolute atomic E-state index is 0.00566. The molecule has 0 spiro atoms. The minimum atomic E-state index is -0.992. The summed E-state index contributed by atoms with van der Waals surface area (Å²) in [6, 6.07) is 11.2. The maximum Gasteiger partial charge on any atom is 0.408 e. The number of aromatic nitrogens is 2. The van der Waals surface area contributed by atoms with Gasteiger partial charge in [-0.1, -0.05) is 42.7 Å². The molecule has 1 aromatic heterocycles. The molecule has 1 unspecified atom stereocenters. The molecule has 0 fully saturated rings. The molecule has 3 aromatic rings. The van der Waals surface area contributed by atoms with Crippen LogP contribution in [0, 0.1) is 5.92 Å². The van der Waals surface area contributed by atoms with Gasteiger partial charge in [0, 0.05) is 24.1 Å². The van der Waals surface area contributed by atoms with Crippen LogP contribution in [-0.2, 0) is 21.5 Å². The number of amides is 1. The average Bonchev–Trinajstić information content (AvgIpc) is 3.34. The first-order valence-electron chi connectivity index (χ1n) is 13.6. The van der Waals surface area contributed by atoms with Crippen molar-refractivity contribution in [2.24, 2.45) is 5.92 Å². The molecule has 1 aliphatic rings. The van der Waals surface area contributed by atoms with E-state index in [2.05, 4.69) is 24.0 Å². The Balaban J connectivity index is 1.72. The van der Waals surface area contributed by atoms with Crippen molar-refractivity contribution in [1.82, 2.24) is 15.0 Å². The van der Waals surface area contributed by atoms with Gasteiger partial charge in [0.25, 0.3) is 5.89 Å². The van der Waals surface area contributed by atoms with E-state index >= 15 is 0 Å². The van der Waals surface area contributed by atoms with Crippen LogP contribution in [-0.4, -0.2) is 52.0 Å². The standard InChI is InChI=1S/C30H36ClN3O6/c1-18(2)17-30(13-12-26(35)38-5)23-10-8-21(15-20(23)7-6-14-34(30)29(36)37)27-32-28(40-33-27)22-9-11-25(24(31)16-22)39-19(3)4/h8-11,15-16,18-19H,6-7,12-14,17H2,1-5H3,(H,36,37). The van der Waals surface area contributed by atoms with E-state index in [0.717, 1.165) is 16.7 Å². The number of hydrogen-bond acceptors (Lipinski definition) is 7. The first-order chi connectivity index (χ1) is 19.0. The van der Waals surface area contributed by atoms with E-state index in [1.54, 1.807) is 12.1 Å². The minimum Gasteiger partial charge on any atom is -0.489 e. The fourth-order valence-corrected chi connectivity index (χ4v) is 5.80. The highest BCUT2D eigenvalue weighted by atomic mass is 35.5. The Kier molecular flexibility index (Phi) is 9.03. The summed E-state index contributed by atoms with van der Waals surface area (Å²) in [5.41, 5.74) is 2.49. The van der Waals surface area contributed by atoms with Gasteiger partial charge < -0.3 is 19.1 Å². The number of ether oxygens (including phenoxy) is 2. The fourth-order valence-electron chi connectivity index (χ4n) is 5.58. The molecule has 0 saturated carbocycles. The lowest BCUT2D eigenvalue weighted by Crippen LogP contribution is -2.50. The monoisotopic (exact) mass is 569 g/mol. The molecule has 40 heavy (non-hydrogen) atoms. The molecule has 0 aliphatic carbocycles. The van der Waals surface area contributed by atoms with Crippen LogP contribution in [0.4, 0.5) is 4.79 Å². The van der Waals surface area contributed by atoms with Crippen molar-refractivity contribution in [2.45, 2.75) is 71.4 Å². The summed E-state index contributed by atoms with van der Waals surface area (Å²) < 4.78 is 16.2. The predicted molar refractivity (Wildman–Crippen MR) is 151 cm³/mol. The lowest BCUT2D eigenvalue weighted by atomic mass is 9.75. The number of halogens is 1. The number of rotatable bonds is 9. The zero-order valence-corrected chi connectivity index (χ0v) is 24.3. The molecular weight excluding hydrogens is 534 g/mol. The number of hydrogen-bond donors (Lipinski definition) is 1. The van der Waals surface area contributed by atoms with Crippen molar-refractivity contribution in [3.8, 4) is 28.6 Å². The third kappa shape index (κ3) is 6.25. The van der Waals surface area contributed by atoms with Crippen LogP contribution in [0.3, 0.4) is 0 Å². The van der Waals surface area contributed by atoms with Crippen LogP contribution < -0.4 is 4.74 Å². The van der Waals surface area contributed by atoms with Crippen molar-refractivity contribution in [3.05, 3.63) is 52.5 Å². The number of carbonyl (C=O) groups is 2. The van der Waals surface area contributed by atoms with Crippen LogP contribution >= 0.6 is 11.6 Å². The zero-order chi connectivity index (χ0) is 29.0. The molecule has 2 aromatic carbocycles. The number of carboxylic acid groups (broad SMARTS) is 1. The van der Waals surface area contributed by atoms with Crippen LogP contribution in [0.25, 0.3) is 22.8 Å². The molecule has 10 heteroatoms. The molecule has 2 heterocycles. The number of carbonyl (C=O) groups excluding carboxylic acids is 1. The Morgan fingerprint density at radius 3 is 2.55 bits per heavy atom. The van der Waals surface area contributed by atoms with Crippen LogP contribution in [0.2, 0.25) is 5.02 Å². The average molecular weight is 570 g/mol. The van der Waals surface area contributed by atoms with E-state index in [-0.39, 0.29) is 24.4 Å². The van der Waals surface area contributed by atoms with E-state index < -0.39 is 11.6 Å². The topological polar surface area (TPSA) is 115 Å². The summed E-state index contributed by atoms with van der Waals surface area (Å²) in [4.78, 5) is 30.8. The van der Waals surface area contributed by atoms with Gasteiger partial charge >= 0.3 is 12.1 Å². The lowest BCUT2D eigenvalue weighted by Gasteiger charge is -2.44. The van der Waals surface area contributed by atoms with Gasteiger partial charge in [-0.25, -0.2) is 4.79 Å². The normalized spacial score (nSPS) is 17.1. The molecule has 4 rings (SSSR count). The molecule has 1 aliphatic heterocycles. The van der Waals surface area contributed by atoms with Gasteiger partial charge in [0.15, 0.2) is 0 Å². The Bertz CT molecular complexity index is 1370. The second-order valence-electron chi connectivity index (χ2n) is 10.9. The maximum atomic E-state index is 12.5. The van der Waals surface area contributed by atoms with Gasteiger partial charge in [0.1, 0.15) is 5.75 Å². The number of benzene rings is 2. The summed E-state index contributed by atoms with van der Waals surface area (Å²) in [5, 5.41) is 14.9. The van der Waals surface area contributed by atoms with Gasteiger partial charge in [0.05, 0.1) is 23.8 Å². The molecular formula is C30H36ClN3O6. The molecule has 1 atom stereocenters. The third-order valence-electron chi connectivity index (χ3n) is 7.12.